The van der Waals surface area contributed by atoms with Gasteiger partial charge in [0.2, 0.25) is 5.88 Å². The zero-order valence-corrected chi connectivity index (χ0v) is 16.3. The summed E-state index contributed by atoms with van der Waals surface area (Å²) in [6, 6.07) is 20.3. The minimum atomic E-state index is -0.288. The van der Waals surface area contributed by atoms with Crippen LogP contribution in [-0.2, 0) is 13.2 Å². The van der Waals surface area contributed by atoms with Gasteiger partial charge in [0.25, 0.3) is 0 Å². The quantitative estimate of drug-likeness (QED) is 0.469. The number of aryl methyl sites for hydroxylation is 1. The van der Waals surface area contributed by atoms with Gasteiger partial charge >= 0.3 is 0 Å². The molecule has 0 amide bonds. The fourth-order valence-electron chi connectivity index (χ4n) is 3.48. The topological polar surface area (TPSA) is 50.8 Å². The Kier molecular flexibility index (Phi) is 5.01. The maximum absolute atomic E-state index is 13.2. The van der Waals surface area contributed by atoms with Gasteiger partial charge in [-0.25, -0.2) is 9.37 Å². The summed E-state index contributed by atoms with van der Waals surface area (Å²) >= 11 is 0. The van der Waals surface area contributed by atoms with Gasteiger partial charge in [0.15, 0.2) is 0 Å². The molecule has 0 atom stereocenters. The summed E-state index contributed by atoms with van der Waals surface area (Å²) in [5.74, 6) is 0.124. The summed E-state index contributed by atoms with van der Waals surface area (Å²) in [6.07, 6.45) is 0. The molecule has 4 rings (SSSR count). The van der Waals surface area contributed by atoms with Crippen LogP contribution in [0.15, 0.2) is 60.7 Å². The van der Waals surface area contributed by atoms with Gasteiger partial charge in [-0.15, -0.1) is 0 Å². The third kappa shape index (κ3) is 3.70. The molecule has 0 aliphatic rings. The van der Waals surface area contributed by atoms with E-state index in [9.17, 15) is 9.65 Å². The van der Waals surface area contributed by atoms with E-state index in [1.54, 1.807) is 12.1 Å². The van der Waals surface area contributed by atoms with Gasteiger partial charge in [-0.05, 0) is 48.7 Å². The number of aromatic nitrogens is 2. The molecule has 2 aromatic heterocycles. The zero-order valence-electron chi connectivity index (χ0n) is 16.3. The molecular formula is C24H20FN3O. The average Bonchev–Trinajstić information content (AvgIpc) is 2.98. The molecule has 29 heavy (non-hydrogen) atoms. The Labute approximate surface area is 168 Å². The van der Waals surface area contributed by atoms with Gasteiger partial charge in [0, 0.05) is 17.6 Å². The van der Waals surface area contributed by atoms with Crippen molar-refractivity contribution in [2.75, 3.05) is 0 Å². The molecule has 0 aliphatic carbocycles. The first-order valence-corrected chi connectivity index (χ1v) is 9.38. The van der Waals surface area contributed by atoms with E-state index in [0.29, 0.717) is 18.1 Å². The molecule has 0 fully saturated rings. The average molecular weight is 385 g/mol. The number of benzene rings is 2. The van der Waals surface area contributed by atoms with Crippen molar-refractivity contribution in [2.45, 2.75) is 27.0 Å². The van der Waals surface area contributed by atoms with Crippen LogP contribution in [0.5, 0.6) is 5.88 Å². The Balaban J connectivity index is 1.80. The second-order valence-electron chi connectivity index (χ2n) is 7.02. The zero-order chi connectivity index (χ0) is 20.4. The molecule has 2 heterocycles. The number of hydrogen-bond donors (Lipinski definition) is 0. The van der Waals surface area contributed by atoms with Crippen LogP contribution in [0.25, 0.3) is 10.9 Å². The van der Waals surface area contributed by atoms with Crippen molar-refractivity contribution < 1.29 is 9.13 Å². The maximum atomic E-state index is 13.2. The molecule has 4 aromatic rings. The molecule has 144 valence electrons. The number of pyridine rings is 1. The number of fused-ring (bicyclic) bond motifs is 1. The molecule has 5 heteroatoms. The molecule has 4 nitrogen and oxygen atoms in total. The van der Waals surface area contributed by atoms with E-state index >= 15 is 0 Å². The van der Waals surface area contributed by atoms with Gasteiger partial charge in [-0.2, -0.15) is 5.26 Å². The highest BCUT2D eigenvalue weighted by atomic mass is 19.1. The molecular weight excluding hydrogens is 365 g/mol. The number of nitrogens with zero attached hydrogens (tertiary/aromatic N) is 3. The standard InChI is InChI=1S/C24H20FN3O/c1-16-17(2)28(14-18-6-4-3-5-7-18)23-22(16)12-21(13-26)27-24(23)29-15-19-8-10-20(25)11-9-19/h3-12H,14-15H2,1-2H3. The molecule has 0 saturated carbocycles. The van der Waals surface area contributed by atoms with Crippen molar-refractivity contribution >= 4 is 10.9 Å². The summed E-state index contributed by atoms with van der Waals surface area (Å²) in [4.78, 5) is 4.43. The van der Waals surface area contributed by atoms with Crippen LogP contribution in [0.1, 0.15) is 28.1 Å². The van der Waals surface area contributed by atoms with E-state index < -0.39 is 0 Å². The largest absolute Gasteiger partial charge is 0.471 e. The second kappa shape index (κ2) is 7.76. The normalized spacial score (nSPS) is 10.8. The van der Waals surface area contributed by atoms with Crippen LogP contribution in [0.4, 0.5) is 4.39 Å². The first-order chi connectivity index (χ1) is 14.1. The Bertz CT molecular complexity index is 1210. The van der Waals surface area contributed by atoms with Crippen LogP contribution in [0.2, 0.25) is 0 Å². The predicted molar refractivity (Wildman–Crippen MR) is 110 cm³/mol. The van der Waals surface area contributed by atoms with Gasteiger partial charge in [0.05, 0.1) is 0 Å². The van der Waals surface area contributed by atoms with E-state index in [0.717, 1.165) is 27.7 Å². The second-order valence-corrected chi connectivity index (χ2v) is 7.02. The molecule has 0 unspecified atom stereocenters. The third-order valence-electron chi connectivity index (χ3n) is 5.17. The lowest BCUT2D eigenvalue weighted by atomic mass is 10.1. The number of hydrogen-bond acceptors (Lipinski definition) is 3. The SMILES string of the molecule is Cc1c(C)n(Cc2ccccc2)c2c(OCc3ccc(F)cc3)nc(C#N)cc12. The van der Waals surface area contributed by atoms with Crippen LogP contribution in [0.3, 0.4) is 0 Å². The van der Waals surface area contributed by atoms with Crippen molar-refractivity contribution in [3.05, 3.63) is 94.6 Å². The Hall–Kier alpha value is -3.65. The number of rotatable bonds is 5. The van der Waals surface area contributed by atoms with Gasteiger partial charge in [-0.3, -0.25) is 0 Å². The monoisotopic (exact) mass is 385 g/mol. The molecule has 0 bridgehead atoms. The smallest absolute Gasteiger partial charge is 0.240 e. The summed E-state index contributed by atoms with van der Waals surface area (Å²) in [5.41, 5.74) is 5.38. The minimum Gasteiger partial charge on any atom is -0.471 e. The van der Waals surface area contributed by atoms with E-state index in [-0.39, 0.29) is 12.4 Å². The highest BCUT2D eigenvalue weighted by Gasteiger charge is 2.18. The fraction of sp³-hybridized carbons (Fsp3) is 0.167. The van der Waals surface area contributed by atoms with Crippen LogP contribution >= 0.6 is 0 Å². The van der Waals surface area contributed by atoms with Crippen LogP contribution in [-0.4, -0.2) is 9.55 Å². The van der Waals surface area contributed by atoms with E-state index in [1.807, 2.05) is 31.2 Å². The van der Waals surface area contributed by atoms with Crippen molar-refractivity contribution in [1.29, 1.82) is 5.26 Å². The van der Waals surface area contributed by atoms with E-state index in [2.05, 4.69) is 34.7 Å². The van der Waals surface area contributed by atoms with Crippen molar-refractivity contribution in [3.63, 3.8) is 0 Å². The van der Waals surface area contributed by atoms with Crippen molar-refractivity contribution in [2.24, 2.45) is 0 Å². The van der Waals surface area contributed by atoms with Gasteiger partial charge < -0.3 is 9.30 Å². The van der Waals surface area contributed by atoms with Gasteiger partial charge in [0.1, 0.15) is 29.7 Å². The lowest BCUT2D eigenvalue weighted by Crippen LogP contribution is -2.05. The first-order valence-electron chi connectivity index (χ1n) is 9.38. The lowest BCUT2D eigenvalue weighted by molar-refractivity contribution is 0.296. The third-order valence-corrected chi connectivity index (χ3v) is 5.17. The lowest BCUT2D eigenvalue weighted by Gasteiger charge is -2.13. The summed E-state index contributed by atoms with van der Waals surface area (Å²) in [7, 11) is 0. The molecule has 0 N–H and O–H groups in total. The minimum absolute atomic E-state index is 0.242. The van der Waals surface area contributed by atoms with Crippen LogP contribution < -0.4 is 4.74 Å². The number of ether oxygens (including phenoxy) is 1. The first kappa shape index (κ1) is 18.7. The summed E-state index contributed by atoms with van der Waals surface area (Å²) in [5, 5.41) is 10.4. The summed E-state index contributed by atoms with van der Waals surface area (Å²) < 4.78 is 21.4. The van der Waals surface area contributed by atoms with Crippen LogP contribution in [0, 0.1) is 31.0 Å². The molecule has 0 aliphatic heterocycles. The van der Waals surface area contributed by atoms with Crippen molar-refractivity contribution in [1.82, 2.24) is 9.55 Å². The molecule has 2 aromatic carbocycles. The summed E-state index contributed by atoms with van der Waals surface area (Å²) in [6.45, 7) is 5.03. The Morgan fingerprint density at radius 2 is 1.76 bits per heavy atom. The van der Waals surface area contributed by atoms with E-state index in [1.165, 1.54) is 17.7 Å². The van der Waals surface area contributed by atoms with Gasteiger partial charge in [-0.1, -0.05) is 42.5 Å². The molecule has 0 saturated heterocycles. The Morgan fingerprint density at radius 3 is 2.45 bits per heavy atom. The highest BCUT2D eigenvalue weighted by molar-refractivity contribution is 5.90. The molecule has 0 radical (unpaired) electrons. The Morgan fingerprint density at radius 1 is 1.03 bits per heavy atom. The maximum Gasteiger partial charge on any atom is 0.240 e. The fourth-order valence-corrected chi connectivity index (χ4v) is 3.48. The number of nitriles is 1. The highest BCUT2D eigenvalue weighted by Crippen LogP contribution is 2.33. The van der Waals surface area contributed by atoms with E-state index in [4.69, 9.17) is 4.74 Å². The predicted octanol–water partition coefficient (Wildman–Crippen LogP) is 5.29. The van der Waals surface area contributed by atoms with Crippen molar-refractivity contribution in [3.8, 4) is 11.9 Å². The number of halogens is 1. The molecule has 0 spiro atoms.